The second-order valence-electron chi connectivity index (χ2n) is 4.91. The molecule has 0 radical (unpaired) electrons. The maximum atomic E-state index is 11.2. The predicted octanol–water partition coefficient (Wildman–Crippen LogP) is 2.40. The van der Waals surface area contributed by atoms with Crippen LogP contribution in [0, 0.1) is 11.8 Å². The van der Waals surface area contributed by atoms with Crippen molar-refractivity contribution < 1.29 is 19.1 Å². The third-order valence-electron chi connectivity index (χ3n) is 3.75. The number of allylic oxidation sites excluding steroid dienone is 2. The van der Waals surface area contributed by atoms with Crippen molar-refractivity contribution >= 4 is 11.9 Å². The summed E-state index contributed by atoms with van der Waals surface area (Å²) in [6, 6.07) is 0. The predicted molar refractivity (Wildman–Crippen MR) is 70.3 cm³/mol. The largest absolute Gasteiger partial charge is 0.461 e. The quantitative estimate of drug-likeness (QED) is 0.546. The fraction of sp³-hybridized carbons (Fsp3) is 0.600. The van der Waals surface area contributed by atoms with Crippen LogP contribution in [0.4, 0.5) is 0 Å². The van der Waals surface area contributed by atoms with Gasteiger partial charge in [-0.3, -0.25) is 9.59 Å². The summed E-state index contributed by atoms with van der Waals surface area (Å²) in [7, 11) is 0. The summed E-state index contributed by atoms with van der Waals surface area (Å²) in [5.41, 5.74) is 2.25. The van der Waals surface area contributed by atoms with E-state index in [1.807, 2.05) is 0 Å². The minimum atomic E-state index is -0.191. The molecule has 0 N–H and O–H groups in total. The molecule has 0 aromatic rings. The van der Waals surface area contributed by atoms with Gasteiger partial charge in [-0.25, -0.2) is 0 Å². The van der Waals surface area contributed by atoms with E-state index in [1.165, 1.54) is 0 Å². The van der Waals surface area contributed by atoms with Crippen LogP contribution >= 0.6 is 0 Å². The van der Waals surface area contributed by atoms with Gasteiger partial charge in [-0.15, -0.1) is 0 Å². The minimum absolute atomic E-state index is 0.191. The molecule has 2 unspecified atom stereocenters. The maximum Gasteiger partial charge on any atom is 0.305 e. The molecule has 0 heterocycles. The standard InChI is InChI=1S/C15H20O4/c1-3-14(16)18-8-12-10-5-6-11(7-10)13(12)9-19-15(17)4-2/h5-6,10-11H,3-4,7-9H2,1-2H3. The Balaban J connectivity index is 1.99. The highest BCUT2D eigenvalue weighted by molar-refractivity contribution is 5.69. The second-order valence-corrected chi connectivity index (χ2v) is 4.91. The normalized spacial score (nSPS) is 23.9. The molecule has 4 heteroatoms. The van der Waals surface area contributed by atoms with Crippen molar-refractivity contribution in [3.8, 4) is 0 Å². The van der Waals surface area contributed by atoms with Crippen molar-refractivity contribution in [2.45, 2.75) is 33.1 Å². The molecule has 0 aliphatic heterocycles. The van der Waals surface area contributed by atoms with E-state index in [2.05, 4.69) is 12.2 Å². The topological polar surface area (TPSA) is 52.6 Å². The minimum Gasteiger partial charge on any atom is -0.461 e. The highest BCUT2D eigenvalue weighted by Gasteiger charge is 2.35. The summed E-state index contributed by atoms with van der Waals surface area (Å²) < 4.78 is 10.4. The molecule has 2 rings (SSSR count). The number of carbonyl (C=O) groups is 2. The summed E-state index contributed by atoms with van der Waals surface area (Å²) in [5, 5.41) is 0. The third kappa shape index (κ3) is 3.06. The molecule has 2 bridgehead atoms. The molecule has 19 heavy (non-hydrogen) atoms. The van der Waals surface area contributed by atoms with Gasteiger partial charge in [0.1, 0.15) is 13.2 Å². The van der Waals surface area contributed by atoms with Gasteiger partial charge in [0.15, 0.2) is 0 Å². The Kier molecular flexibility index (Phi) is 4.40. The van der Waals surface area contributed by atoms with Gasteiger partial charge >= 0.3 is 11.9 Å². The lowest BCUT2D eigenvalue weighted by Crippen LogP contribution is -2.14. The first-order valence-corrected chi connectivity index (χ1v) is 6.87. The van der Waals surface area contributed by atoms with Crippen LogP contribution in [0.2, 0.25) is 0 Å². The zero-order valence-electron chi connectivity index (χ0n) is 11.5. The van der Waals surface area contributed by atoms with Crippen LogP contribution in [0.3, 0.4) is 0 Å². The molecular weight excluding hydrogens is 244 g/mol. The van der Waals surface area contributed by atoms with Crippen molar-refractivity contribution in [1.29, 1.82) is 0 Å². The molecule has 0 aromatic heterocycles. The fourth-order valence-corrected chi connectivity index (χ4v) is 2.61. The molecule has 0 fully saturated rings. The van der Waals surface area contributed by atoms with Crippen LogP contribution in [0.25, 0.3) is 0 Å². The number of ether oxygens (including phenoxy) is 2. The van der Waals surface area contributed by atoms with Crippen LogP contribution in [0.15, 0.2) is 23.3 Å². The lowest BCUT2D eigenvalue weighted by atomic mass is 9.98. The summed E-state index contributed by atoms with van der Waals surface area (Å²) >= 11 is 0. The van der Waals surface area contributed by atoms with E-state index in [0.29, 0.717) is 37.9 Å². The zero-order valence-corrected chi connectivity index (χ0v) is 11.5. The molecular formula is C15H20O4. The van der Waals surface area contributed by atoms with E-state index in [-0.39, 0.29) is 11.9 Å². The van der Waals surface area contributed by atoms with Crippen LogP contribution in [0.1, 0.15) is 33.1 Å². The zero-order chi connectivity index (χ0) is 13.8. The molecule has 4 nitrogen and oxygen atoms in total. The summed E-state index contributed by atoms with van der Waals surface area (Å²) in [5.74, 6) is 0.322. The number of fused-ring (bicyclic) bond motifs is 2. The Hall–Kier alpha value is -1.58. The summed E-state index contributed by atoms with van der Waals surface area (Å²) in [4.78, 5) is 22.5. The number of rotatable bonds is 6. The number of hydrogen-bond acceptors (Lipinski definition) is 4. The molecule has 2 atom stereocenters. The number of hydrogen-bond donors (Lipinski definition) is 0. The van der Waals surface area contributed by atoms with Crippen molar-refractivity contribution in [1.82, 2.24) is 0 Å². The Labute approximate surface area is 113 Å². The van der Waals surface area contributed by atoms with Gasteiger partial charge in [-0.05, 0) is 17.6 Å². The van der Waals surface area contributed by atoms with Crippen LogP contribution in [-0.2, 0) is 19.1 Å². The van der Waals surface area contributed by atoms with Crippen molar-refractivity contribution in [2.24, 2.45) is 11.8 Å². The third-order valence-corrected chi connectivity index (χ3v) is 3.75. The van der Waals surface area contributed by atoms with Gasteiger partial charge in [-0.2, -0.15) is 0 Å². The lowest BCUT2D eigenvalue weighted by molar-refractivity contribution is -0.143. The van der Waals surface area contributed by atoms with Crippen LogP contribution < -0.4 is 0 Å². The molecule has 0 spiro atoms. The molecule has 0 saturated carbocycles. The monoisotopic (exact) mass is 264 g/mol. The van der Waals surface area contributed by atoms with E-state index < -0.39 is 0 Å². The molecule has 2 aliphatic carbocycles. The first kappa shape index (κ1) is 13.8. The van der Waals surface area contributed by atoms with E-state index in [4.69, 9.17) is 9.47 Å². The van der Waals surface area contributed by atoms with Crippen molar-refractivity contribution in [3.63, 3.8) is 0 Å². The first-order valence-electron chi connectivity index (χ1n) is 6.87. The summed E-state index contributed by atoms with van der Waals surface area (Å²) in [6.45, 7) is 4.22. The van der Waals surface area contributed by atoms with Crippen molar-refractivity contribution in [3.05, 3.63) is 23.3 Å². The van der Waals surface area contributed by atoms with Crippen molar-refractivity contribution in [2.75, 3.05) is 13.2 Å². The highest BCUT2D eigenvalue weighted by atomic mass is 16.5. The average Bonchev–Trinajstić information content (AvgIpc) is 3.02. The highest BCUT2D eigenvalue weighted by Crippen LogP contribution is 2.43. The fourth-order valence-electron chi connectivity index (χ4n) is 2.61. The van der Waals surface area contributed by atoms with Gasteiger partial charge in [-0.1, -0.05) is 26.0 Å². The Morgan fingerprint density at radius 2 is 1.42 bits per heavy atom. The Bertz CT molecular complexity index is 395. The van der Waals surface area contributed by atoms with Gasteiger partial charge in [0.25, 0.3) is 0 Å². The van der Waals surface area contributed by atoms with Crippen LogP contribution in [0.5, 0.6) is 0 Å². The van der Waals surface area contributed by atoms with Crippen LogP contribution in [-0.4, -0.2) is 25.2 Å². The number of esters is 2. The second kappa shape index (κ2) is 6.04. The first-order chi connectivity index (χ1) is 9.15. The smallest absolute Gasteiger partial charge is 0.305 e. The number of carbonyl (C=O) groups excluding carboxylic acids is 2. The van der Waals surface area contributed by atoms with E-state index in [0.717, 1.165) is 17.6 Å². The van der Waals surface area contributed by atoms with Gasteiger partial charge in [0, 0.05) is 24.7 Å². The molecule has 104 valence electrons. The Morgan fingerprint density at radius 1 is 1.00 bits per heavy atom. The maximum absolute atomic E-state index is 11.2. The Morgan fingerprint density at radius 3 is 1.79 bits per heavy atom. The lowest BCUT2D eigenvalue weighted by Gasteiger charge is -2.16. The van der Waals surface area contributed by atoms with E-state index in [1.54, 1.807) is 13.8 Å². The van der Waals surface area contributed by atoms with Gasteiger partial charge in [0.2, 0.25) is 0 Å². The van der Waals surface area contributed by atoms with E-state index >= 15 is 0 Å². The average molecular weight is 264 g/mol. The van der Waals surface area contributed by atoms with Gasteiger partial charge < -0.3 is 9.47 Å². The molecule has 0 aromatic carbocycles. The molecule has 0 amide bonds. The molecule has 2 aliphatic rings. The summed E-state index contributed by atoms with van der Waals surface area (Å²) in [6.07, 6.45) is 6.11. The molecule has 0 saturated heterocycles. The van der Waals surface area contributed by atoms with Gasteiger partial charge in [0.05, 0.1) is 0 Å². The SMILES string of the molecule is CCC(=O)OCC1=C(COC(=O)CC)C2C=CC1C2. The van der Waals surface area contributed by atoms with E-state index in [9.17, 15) is 9.59 Å².